The second-order valence-corrected chi connectivity index (χ2v) is 8.55. The van der Waals surface area contributed by atoms with Crippen LogP contribution in [0.4, 0.5) is 20.6 Å². The highest BCUT2D eigenvalue weighted by molar-refractivity contribution is 9.10. The summed E-state index contributed by atoms with van der Waals surface area (Å²) in [6.45, 7) is 0.284. The number of benzene rings is 3. The maximum atomic E-state index is 13.1. The third-order valence-corrected chi connectivity index (χ3v) is 5.70. The van der Waals surface area contributed by atoms with Crippen LogP contribution in [0, 0.1) is 17.1 Å². The fourth-order valence-electron chi connectivity index (χ4n) is 3.36. The number of rotatable bonds is 6. The van der Waals surface area contributed by atoms with Crippen LogP contribution in [-0.4, -0.2) is 23.8 Å². The lowest BCUT2D eigenvalue weighted by Crippen LogP contribution is -2.55. The Bertz CT molecular complexity index is 1460. The summed E-state index contributed by atoms with van der Waals surface area (Å²) in [7, 11) is 0. The SMILES string of the molecule is N#C/C(C(=O)Nc1ccc(F)cc1)=C1/C(=O)NC(=O)N(c2ccc(OCc3ccc(Br)cc3)cc2)C1=O. The van der Waals surface area contributed by atoms with Crippen LogP contribution in [0.3, 0.4) is 0 Å². The number of nitrogens with zero attached hydrogens (tertiary/aromatic N) is 2. The summed E-state index contributed by atoms with van der Waals surface area (Å²) in [6, 6.07) is 18.6. The molecular weight excluding hydrogens is 547 g/mol. The minimum absolute atomic E-state index is 0.0831. The van der Waals surface area contributed by atoms with Gasteiger partial charge >= 0.3 is 6.03 Å². The van der Waals surface area contributed by atoms with Crippen LogP contribution in [0.2, 0.25) is 0 Å². The van der Waals surface area contributed by atoms with E-state index in [0.717, 1.165) is 22.2 Å². The Balaban J connectivity index is 1.55. The van der Waals surface area contributed by atoms with E-state index >= 15 is 0 Å². The molecule has 0 aromatic heterocycles. The molecule has 0 spiro atoms. The molecule has 0 bridgehead atoms. The zero-order valence-corrected chi connectivity index (χ0v) is 20.4. The second kappa shape index (κ2) is 10.8. The molecule has 3 aromatic rings. The number of halogens is 2. The fraction of sp³-hybridized carbons (Fsp3) is 0.0385. The van der Waals surface area contributed by atoms with Crippen LogP contribution in [0.5, 0.6) is 5.75 Å². The molecule has 0 radical (unpaired) electrons. The molecule has 1 heterocycles. The predicted octanol–water partition coefficient (Wildman–Crippen LogP) is 4.21. The number of barbiturate groups is 1. The molecule has 4 rings (SSSR count). The van der Waals surface area contributed by atoms with E-state index in [4.69, 9.17) is 4.74 Å². The highest BCUT2D eigenvalue weighted by Gasteiger charge is 2.40. The van der Waals surface area contributed by atoms with Crippen molar-refractivity contribution in [2.45, 2.75) is 6.61 Å². The normalized spacial score (nSPS) is 14.5. The Kier molecular flexibility index (Phi) is 7.41. The number of imide groups is 2. The van der Waals surface area contributed by atoms with Gasteiger partial charge in [0.05, 0.1) is 5.69 Å². The van der Waals surface area contributed by atoms with E-state index in [1.807, 2.05) is 29.6 Å². The summed E-state index contributed by atoms with van der Waals surface area (Å²) in [6.07, 6.45) is 0. The van der Waals surface area contributed by atoms with E-state index < -0.39 is 40.7 Å². The first-order chi connectivity index (χ1) is 17.8. The monoisotopic (exact) mass is 562 g/mol. The topological polar surface area (TPSA) is 129 Å². The van der Waals surface area contributed by atoms with Gasteiger partial charge in [-0.1, -0.05) is 28.1 Å². The second-order valence-electron chi connectivity index (χ2n) is 7.63. The van der Waals surface area contributed by atoms with Crippen molar-refractivity contribution in [1.29, 1.82) is 5.26 Å². The van der Waals surface area contributed by atoms with Crippen LogP contribution >= 0.6 is 15.9 Å². The molecule has 0 saturated carbocycles. The average Bonchev–Trinajstić information content (AvgIpc) is 2.88. The lowest BCUT2D eigenvalue weighted by Gasteiger charge is -2.26. The molecule has 184 valence electrons. The summed E-state index contributed by atoms with van der Waals surface area (Å²) < 4.78 is 19.8. The van der Waals surface area contributed by atoms with Crippen molar-refractivity contribution >= 4 is 51.1 Å². The highest BCUT2D eigenvalue weighted by Crippen LogP contribution is 2.25. The molecule has 3 aromatic carbocycles. The molecule has 1 aliphatic rings. The fourth-order valence-corrected chi connectivity index (χ4v) is 3.62. The first kappa shape index (κ1) is 25.3. The van der Waals surface area contributed by atoms with Crippen molar-refractivity contribution < 1.29 is 28.3 Å². The number of hydrogen-bond donors (Lipinski definition) is 2. The summed E-state index contributed by atoms with van der Waals surface area (Å²) in [5, 5.41) is 13.8. The number of urea groups is 1. The number of nitriles is 1. The van der Waals surface area contributed by atoms with Crippen molar-refractivity contribution in [3.63, 3.8) is 0 Å². The molecule has 1 aliphatic heterocycles. The van der Waals surface area contributed by atoms with Crippen LogP contribution in [-0.2, 0) is 21.0 Å². The summed E-state index contributed by atoms with van der Waals surface area (Å²) in [4.78, 5) is 51.4. The van der Waals surface area contributed by atoms with Crippen LogP contribution in [0.1, 0.15) is 5.56 Å². The number of ether oxygens (including phenoxy) is 1. The third-order valence-electron chi connectivity index (χ3n) is 5.17. The van der Waals surface area contributed by atoms with Gasteiger partial charge in [0.2, 0.25) is 0 Å². The Labute approximate surface area is 218 Å². The van der Waals surface area contributed by atoms with Gasteiger partial charge in [0.1, 0.15) is 35.4 Å². The van der Waals surface area contributed by atoms with E-state index in [9.17, 15) is 28.8 Å². The van der Waals surface area contributed by atoms with Crippen LogP contribution in [0.15, 0.2) is 88.4 Å². The van der Waals surface area contributed by atoms with Crippen LogP contribution < -0.4 is 20.3 Å². The maximum absolute atomic E-state index is 13.1. The van der Waals surface area contributed by atoms with E-state index in [2.05, 4.69) is 21.2 Å². The average molecular weight is 563 g/mol. The summed E-state index contributed by atoms with van der Waals surface area (Å²) in [5.74, 6) is -3.49. The highest BCUT2D eigenvalue weighted by atomic mass is 79.9. The minimum atomic E-state index is -1.19. The van der Waals surface area contributed by atoms with Crippen molar-refractivity contribution in [3.05, 3.63) is 99.8 Å². The lowest BCUT2D eigenvalue weighted by atomic mass is 10.0. The third kappa shape index (κ3) is 5.71. The molecule has 0 aliphatic carbocycles. The predicted molar refractivity (Wildman–Crippen MR) is 134 cm³/mol. The van der Waals surface area contributed by atoms with Gasteiger partial charge in [-0.05, 0) is 66.2 Å². The largest absolute Gasteiger partial charge is 0.489 e. The van der Waals surface area contributed by atoms with Crippen molar-refractivity contribution in [2.75, 3.05) is 10.2 Å². The molecule has 9 nitrogen and oxygen atoms in total. The standard InChI is InChI=1S/C26H16BrFN4O5/c27-16-3-1-15(2-4-16)14-37-20-11-9-19(10-12-20)32-25(35)22(24(34)31-26(32)36)21(13-29)23(33)30-18-7-5-17(28)6-8-18/h1-12H,14H2,(H,30,33)(H,31,34,36)/b22-21+. The Morgan fingerprint density at radius 2 is 1.65 bits per heavy atom. The Morgan fingerprint density at radius 1 is 1.00 bits per heavy atom. The zero-order chi connectivity index (χ0) is 26.5. The van der Waals surface area contributed by atoms with Crippen molar-refractivity contribution in [1.82, 2.24) is 5.32 Å². The Morgan fingerprint density at radius 3 is 2.27 bits per heavy atom. The van der Waals surface area contributed by atoms with Crippen molar-refractivity contribution in [3.8, 4) is 11.8 Å². The van der Waals surface area contributed by atoms with Gasteiger partial charge in [-0.3, -0.25) is 19.7 Å². The van der Waals surface area contributed by atoms with Gasteiger partial charge in [0, 0.05) is 10.2 Å². The Hall–Kier alpha value is -4.82. The molecule has 11 heteroatoms. The summed E-state index contributed by atoms with van der Waals surface area (Å²) in [5.41, 5.74) is -0.472. The molecule has 37 heavy (non-hydrogen) atoms. The number of anilines is 2. The lowest BCUT2D eigenvalue weighted by molar-refractivity contribution is -0.123. The summed E-state index contributed by atoms with van der Waals surface area (Å²) >= 11 is 3.36. The number of carbonyl (C=O) groups is 4. The van der Waals surface area contributed by atoms with Gasteiger partial charge in [-0.2, -0.15) is 5.26 Å². The first-order valence-corrected chi connectivity index (χ1v) is 11.4. The molecule has 2 N–H and O–H groups in total. The van der Waals surface area contributed by atoms with Gasteiger partial charge in [0.25, 0.3) is 17.7 Å². The number of nitrogens with one attached hydrogen (secondary N) is 2. The van der Waals surface area contributed by atoms with Gasteiger partial charge in [-0.15, -0.1) is 0 Å². The molecule has 0 unspecified atom stereocenters. The first-order valence-electron chi connectivity index (χ1n) is 10.6. The van der Waals surface area contributed by atoms with Gasteiger partial charge in [-0.25, -0.2) is 14.1 Å². The number of amides is 5. The van der Waals surface area contributed by atoms with Crippen molar-refractivity contribution in [2.24, 2.45) is 0 Å². The molecule has 1 saturated heterocycles. The minimum Gasteiger partial charge on any atom is -0.489 e. The van der Waals surface area contributed by atoms with E-state index in [-0.39, 0.29) is 18.0 Å². The zero-order valence-electron chi connectivity index (χ0n) is 18.8. The van der Waals surface area contributed by atoms with E-state index in [1.54, 1.807) is 6.07 Å². The molecule has 1 fully saturated rings. The number of hydrogen-bond acceptors (Lipinski definition) is 6. The smallest absolute Gasteiger partial charge is 0.335 e. The molecular formula is C26H16BrFN4O5. The van der Waals surface area contributed by atoms with E-state index in [0.29, 0.717) is 10.6 Å². The van der Waals surface area contributed by atoms with Gasteiger partial charge in [0.15, 0.2) is 0 Å². The molecule has 5 amide bonds. The van der Waals surface area contributed by atoms with E-state index in [1.165, 1.54) is 36.4 Å². The van der Waals surface area contributed by atoms with Crippen LogP contribution in [0.25, 0.3) is 0 Å². The number of carbonyl (C=O) groups excluding carboxylic acids is 4. The quantitative estimate of drug-likeness (QED) is 0.263. The van der Waals surface area contributed by atoms with Gasteiger partial charge < -0.3 is 10.1 Å². The maximum Gasteiger partial charge on any atom is 0.335 e. The molecule has 0 atom stereocenters.